The van der Waals surface area contributed by atoms with Crippen LogP contribution in [0, 0.1) is 11.7 Å². The normalized spacial score (nSPS) is 11.6. The van der Waals surface area contributed by atoms with Gasteiger partial charge in [0.05, 0.1) is 0 Å². The van der Waals surface area contributed by atoms with Crippen molar-refractivity contribution in [3.05, 3.63) is 102 Å². The van der Waals surface area contributed by atoms with Crippen molar-refractivity contribution in [2.45, 2.75) is 32.9 Å². The first-order valence-electron chi connectivity index (χ1n) is 11.5. The van der Waals surface area contributed by atoms with Gasteiger partial charge in [0.1, 0.15) is 17.6 Å². The molecule has 3 aromatic carbocycles. The van der Waals surface area contributed by atoms with Gasteiger partial charge in [0.15, 0.2) is 6.61 Å². The highest BCUT2D eigenvalue weighted by atomic mass is 19.1. The number of rotatable bonds is 11. The largest absolute Gasteiger partial charge is 0.484 e. The van der Waals surface area contributed by atoms with Crippen molar-refractivity contribution in [3.63, 3.8) is 0 Å². The van der Waals surface area contributed by atoms with Gasteiger partial charge < -0.3 is 15.0 Å². The molecule has 34 heavy (non-hydrogen) atoms. The maximum atomic E-state index is 14.5. The molecule has 1 atom stereocenters. The number of amides is 2. The summed E-state index contributed by atoms with van der Waals surface area (Å²) in [6.45, 7) is 4.18. The first-order valence-corrected chi connectivity index (χ1v) is 11.5. The summed E-state index contributed by atoms with van der Waals surface area (Å²) >= 11 is 0. The van der Waals surface area contributed by atoms with E-state index in [1.807, 2.05) is 62.4 Å². The van der Waals surface area contributed by atoms with Crippen molar-refractivity contribution in [1.29, 1.82) is 0 Å². The predicted octanol–water partition coefficient (Wildman–Crippen LogP) is 4.62. The SMILES string of the molecule is CC(C)CNC(=O)[C@@H](Cc1ccccc1)N(Cc1ccccc1F)C(=O)COc1ccccc1. The molecule has 3 rings (SSSR count). The van der Waals surface area contributed by atoms with Crippen LogP contribution in [0.1, 0.15) is 25.0 Å². The lowest BCUT2D eigenvalue weighted by molar-refractivity contribution is -0.142. The topological polar surface area (TPSA) is 58.6 Å². The van der Waals surface area contributed by atoms with Crippen LogP contribution in [0.4, 0.5) is 4.39 Å². The third-order valence-electron chi connectivity index (χ3n) is 5.36. The molecule has 0 unspecified atom stereocenters. The average molecular weight is 463 g/mol. The molecule has 0 aromatic heterocycles. The number of halogens is 1. The van der Waals surface area contributed by atoms with E-state index in [9.17, 15) is 14.0 Å². The van der Waals surface area contributed by atoms with Crippen LogP contribution in [0.25, 0.3) is 0 Å². The standard InChI is InChI=1S/C28H31FN2O3/c1-21(2)18-30-28(33)26(17-22-11-5-3-6-12-22)31(19-23-13-9-10-16-25(23)29)27(32)20-34-24-14-7-4-8-15-24/h3-16,21,26H,17-20H2,1-2H3,(H,30,33)/t26-/m1/s1. The Labute approximate surface area is 200 Å². The van der Waals surface area contributed by atoms with E-state index in [1.54, 1.807) is 30.3 Å². The Morgan fingerprint density at radius 2 is 1.53 bits per heavy atom. The molecule has 1 N–H and O–H groups in total. The summed E-state index contributed by atoms with van der Waals surface area (Å²) < 4.78 is 20.2. The number of nitrogens with one attached hydrogen (secondary N) is 1. The lowest BCUT2D eigenvalue weighted by atomic mass is 10.0. The van der Waals surface area contributed by atoms with Gasteiger partial charge in [-0.3, -0.25) is 9.59 Å². The van der Waals surface area contributed by atoms with Crippen LogP contribution in [0.5, 0.6) is 5.75 Å². The molecule has 0 bridgehead atoms. The third-order valence-corrected chi connectivity index (χ3v) is 5.36. The molecule has 0 radical (unpaired) electrons. The Kier molecular flexibility index (Phi) is 9.21. The number of nitrogens with zero attached hydrogens (tertiary/aromatic N) is 1. The molecule has 0 saturated carbocycles. The second-order valence-corrected chi connectivity index (χ2v) is 8.56. The monoisotopic (exact) mass is 462 g/mol. The number of carbonyl (C=O) groups excluding carboxylic acids is 2. The summed E-state index contributed by atoms with van der Waals surface area (Å²) in [4.78, 5) is 28.1. The molecule has 2 amide bonds. The quantitative estimate of drug-likeness (QED) is 0.453. The molecule has 6 heteroatoms. The minimum absolute atomic E-state index is 0.0454. The predicted molar refractivity (Wildman–Crippen MR) is 131 cm³/mol. The molecular weight excluding hydrogens is 431 g/mol. The smallest absolute Gasteiger partial charge is 0.261 e. The van der Waals surface area contributed by atoms with Crippen molar-refractivity contribution in [1.82, 2.24) is 10.2 Å². The summed E-state index contributed by atoms with van der Waals surface area (Å²) in [5.41, 5.74) is 1.24. The lowest BCUT2D eigenvalue weighted by Crippen LogP contribution is -2.52. The van der Waals surface area contributed by atoms with Crippen LogP contribution >= 0.6 is 0 Å². The summed E-state index contributed by atoms with van der Waals surface area (Å²) in [5.74, 6) is -0.302. The van der Waals surface area contributed by atoms with Crippen molar-refractivity contribution >= 4 is 11.8 Å². The zero-order valence-electron chi connectivity index (χ0n) is 19.6. The van der Waals surface area contributed by atoms with Crippen LogP contribution in [0.2, 0.25) is 0 Å². The third kappa shape index (κ3) is 7.44. The zero-order chi connectivity index (χ0) is 24.3. The van der Waals surface area contributed by atoms with E-state index in [1.165, 1.54) is 11.0 Å². The minimum Gasteiger partial charge on any atom is -0.484 e. The Morgan fingerprint density at radius 1 is 0.912 bits per heavy atom. The van der Waals surface area contributed by atoms with Gasteiger partial charge in [0, 0.05) is 25.1 Å². The molecule has 178 valence electrons. The first-order chi connectivity index (χ1) is 16.4. The summed E-state index contributed by atoms with van der Waals surface area (Å²) in [5, 5.41) is 2.94. The van der Waals surface area contributed by atoms with Gasteiger partial charge in [-0.15, -0.1) is 0 Å². The molecule has 3 aromatic rings. The maximum absolute atomic E-state index is 14.5. The number of para-hydroxylation sites is 1. The van der Waals surface area contributed by atoms with Gasteiger partial charge in [0.25, 0.3) is 5.91 Å². The Balaban J connectivity index is 1.90. The van der Waals surface area contributed by atoms with E-state index < -0.39 is 17.8 Å². The van der Waals surface area contributed by atoms with Gasteiger partial charge in [-0.05, 0) is 29.7 Å². The van der Waals surface area contributed by atoms with Crippen molar-refractivity contribution in [3.8, 4) is 5.75 Å². The molecule has 0 saturated heterocycles. The van der Waals surface area contributed by atoms with Gasteiger partial charge in [-0.1, -0.05) is 80.6 Å². The van der Waals surface area contributed by atoms with Crippen LogP contribution in [0.3, 0.4) is 0 Å². The fraction of sp³-hybridized carbons (Fsp3) is 0.286. The number of benzene rings is 3. The highest BCUT2D eigenvalue weighted by molar-refractivity contribution is 5.88. The summed E-state index contributed by atoms with van der Waals surface area (Å²) in [6, 6.07) is 24.0. The zero-order valence-corrected chi connectivity index (χ0v) is 19.6. The molecule has 0 aliphatic rings. The van der Waals surface area contributed by atoms with E-state index in [2.05, 4.69) is 5.32 Å². The minimum atomic E-state index is -0.826. The first kappa shape index (κ1) is 25.0. The second-order valence-electron chi connectivity index (χ2n) is 8.56. The van der Waals surface area contributed by atoms with E-state index >= 15 is 0 Å². The molecular formula is C28H31FN2O3. The van der Waals surface area contributed by atoms with E-state index in [4.69, 9.17) is 4.74 Å². The average Bonchev–Trinajstić information content (AvgIpc) is 2.85. The second kappa shape index (κ2) is 12.5. The van der Waals surface area contributed by atoms with Crippen LogP contribution < -0.4 is 10.1 Å². The van der Waals surface area contributed by atoms with Crippen LogP contribution in [0.15, 0.2) is 84.9 Å². The molecule has 0 fully saturated rings. The van der Waals surface area contributed by atoms with Gasteiger partial charge in [-0.25, -0.2) is 4.39 Å². The fourth-order valence-corrected chi connectivity index (χ4v) is 3.53. The van der Waals surface area contributed by atoms with Gasteiger partial charge >= 0.3 is 0 Å². The van der Waals surface area contributed by atoms with Gasteiger partial charge in [0.2, 0.25) is 5.91 Å². The molecule has 0 aliphatic carbocycles. The number of hydrogen-bond donors (Lipinski definition) is 1. The van der Waals surface area contributed by atoms with Crippen molar-refractivity contribution < 1.29 is 18.7 Å². The lowest BCUT2D eigenvalue weighted by Gasteiger charge is -2.31. The molecule has 5 nitrogen and oxygen atoms in total. The highest BCUT2D eigenvalue weighted by Crippen LogP contribution is 2.18. The molecule has 0 heterocycles. The number of ether oxygens (including phenoxy) is 1. The van der Waals surface area contributed by atoms with E-state index in [0.717, 1.165) is 5.56 Å². The molecule has 0 spiro atoms. The highest BCUT2D eigenvalue weighted by Gasteiger charge is 2.31. The fourth-order valence-electron chi connectivity index (χ4n) is 3.53. The summed E-state index contributed by atoms with van der Waals surface area (Å²) in [7, 11) is 0. The Morgan fingerprint density at radius 3 is 2.18 bits per heavy atom. The van der Waals surface area contributed by atoms with Crippen molar-refractivity contribution in [2.24, 2.45) is 5.92 Å². The van der Waals surface area contributed by atoms with E-state index in [0.29, 0.717) is 24.3 Å². The Hall–Kier alpha value is -3.67. The Bertz CT molecular complexity index is 1060. The summed E-state index contributed by atoms with van der Waals surface area (Å²) in [6.07, 6.45) is 0.302. The van der Waals surface area contributed by atoms with Crippen LogP contribution in [-0.4, -0.2) is 35.9 Å². The molecule has 0 aliphatic heterocycles. The maximum Gasteiger partial charge on any atom is 0.261 e. The van der Waals surface area contributed by atoms with E-state index in [-0.39, 0.29) is 25.0 Å². The van der Waals surface area contributed by atoms with Gasteiger partial charge in [-0.2, -0.15) is 0 Å². The number of carbonyl (C=O) groups is 2. The van der Waals surface area contributed by atoms with Crippen molar-refractivity contribution in [2.75, 3.05) is 13.2 Å². The van der Waals surface area contributed by atoms with Crippen LogP contribution in [-0.2, 0) is 22.6 Å². The number of hydrogen-bond acceptors (Lipinski definition) is 3.